The van der Waals surface area contributed by atoms with Crippen LogP contribution in [-0.4, -0.2) is 42.0 Å². The second-order valence-corrected chi connectivity index (χ2v) is 7.18. The van der Waals surface area contributed by atoms with Crippen molar-refractivity contribution in [2.75, 3.05) is 25.2 Å². The van der Waals surface area contributed by atoms with Crippen molar-refractivity contribution in [3.05, 3.63) is 54.3 Å². The summed E-state index contributed by atoms with van der Waals surface area (Å²) >= 11 is 0. The van der Waals surface area contributed by atoms with E-state index in [-0.39, 0.29) is 11.7 Å². The van der Waals surface area contributed by atoms with Gasteiger partial charge in [-0.3, -0.25) is 15.1 Å². The van der Waals surface area contributed by atoms with E-state index in [4.69, 9.17) is 10.1 Å². The maximum absolute atomic E-state index is 13.0. The first-order valence-corrected chi connectivity index (χ1v) is 9.12. The Hall–Kier alpha value is -3.06. The van der Waals surface area contributed by atoms with E-state index in [1.807, 2.05) is 39.0 Å². The Morgan fingerprint density at radius 1 is 1.29 bits per heavy atom. The molecule has 0 fully saturated rings. The zero-order chi connectivity index (χ0) is 20.3. The normalized spacial score (nSPS) is 15.1. The molecule has 7 heteroatoms. The molecule has 1 amide bonds. The van der Waals surface area contributed by atoms with E-state index in [2.05, 4.69) is 15.3 Å². The van der Waals surface area contributed by atoms with Gasteiger partial charge in [0.15, 0.2) is 0 Å². The van der Waals surface area contributed by atoms with Gasteiger partial charge in [0.1, 0.15) is 11.7 Å². The summed E-state index contributed by atoms with van der Waals surface area (Å²) in [5.74, 6) is 0.695. The number of amidine groups is 1. The number of aryl methyl sites for hydroxylation is 1. The van der Waals surface area contributed by atoms with Crippen LogP contribution in [0.4, 0.5) is 5.69 Å². The minimum atomic E-state index is -0.693. The summed E-state index contributed by atoms with van der Waals surface area (Å²) in [6, 6.07) is 5.85. The van der Waals surface area contributed by atoms with Crippen molar-refractivity contribution < 1.29 is 9.53 Å². The van der Waals surface area contributed by atoms with E-state index in [9.17, 15) is 4.79 Å². The van der Waals surface area contributed by atoms with Crippen LogP contribution in [0.15, 0.2) is 42.9 Å². The average Bonchev–Trinajstić information content (AvgIpc) is 2.87. The lowest BCUT2D eigenvalue weighted by molar-refractivity contribution is -0.121. The number of amides is 1. The fraction of sp³-hybridized carbons (Fsp3) is 0.333. The van der Waals surface area contributed by atoms with Crippen molar-refractivity contribution in [1.29, 1.82) is 5.41 Å². The maximum atomic E-state index is 13.0. The standard InChI is InChI=1S/C21H25N5O2/c1-14-24-12-16(13-25-14)15-5-6-17-18(11-15)26(20(27)21(17,2)3)19(22)7-8-23-9-10-28-4/h5-8,11-13,22-23H,9-10H2,1-4H3. The first-order chi connectivity index (χ1) is 13.4. The molecule has 0 spiro atoms. The molecular formula is C21H25N5O2. The third-order valence-electron chi connectivity index (χ3n) is 4.81. The molecule has 1 aliphatic heterocycles. The van der Waals surface area contributed by atoms with Gasteiger partial charge in [0.25, 0.3) is 0 Å². The summed E-state index contributed by atoms with van der Waals surface area (Å²) in [5.41, 5.74) is 2.71. The second kappa shape index (κ2) is 7.90. The Kier molecular flexibility index (Phi) is 5.56. The third kappa shape index (κ3) is 3.66. The SMILES string of the molecule is COCCNC=CC(=N)N1C(=O)C(C)(C)c2ccc(-c3cnc(C)nc3)cc21. The van der Waals surface area contributed by atoms with Crippen LogP contribution in [0.3, 0.4) is 0 Å². The maximum Gasteiger partial charge on any atom is 0.242 e. The van der Waals surface area contributed by atoms with Crippen LogP contribution in [0.5, 0.6) is 0 Å². The van der Waals surface area contributed by atoms with Crippen LogP contribution in [0, 0.1) is 12.3 Å². The summed E-state index contributed by atoms with van der Waals surface area (Å²) in [4.78, 5) is 23.0. The zero-order valence-corrected chi connectivity index (χ0v) is 16.6. The zero-order valence-electron chi connectivity index (χ0n) is 16.6. The molecule has 0 saturated heterocycles. The van der Waals surface area contributed by atoms with Crippen LogP contribution >= 0.6 is 0 Å². The Bertz CT molecular complexity index is 919. The number of nitrogens with zero attached hydrogens (tertiary/aromatic N) is 3. The third-order valence-corrected chi connectivity index (χ3v) is 4.81. The number of hydrogen-bond donors (Lipinski definition) is 2. The average molecular weight is 379 g/mol. The van der Waals surface area contributed by atoms with Gasteiger partial charge in [-0.05, 0) is 44.0 Å². The molecule has 146 valence electrons. The van der Waals surface area contributed by atoms with Gasteiger partial charge in [-0.1, -0.05) is 12.1 Å². The van der Waals surface area contributed by atoms with E-state index in [0.717, 1.165) is 22.4 Å². The highest BCUT2D eigenvalue weighted by atomic mass is 16.5. The van der Waals surface area contributed by atoms with Crippen molar-refractivity contribution in [2.45, 2.75) is 26.2 Å². The predicted octanol–water partition coefficient (Wildman–Crippen LogP) is 2.80. The second-order valence-electron chi connectivity index (χ2n) is 7.18. The van der Waals surface area contributed by atoms with Gasteiger partial charge in [-0.2, -0.15) is 0 Å². The molecular weight excluding hydrogens is 354 g/mol. The monoisotopic (exact) mass is 379 g/mol. The summed E-state index contributed by atoms with van der Waals surface area (Å²) in [6.07, 6.45) is 6.78. The molecule has 0 unspecified atom stereocenters. The number of nitrogens with one attached hydrogen (secondary N) is 2. The smallest absolute Gasteiger partial charge is 0.242 e. The lowest BCUT2D eigenvalue weighted by Crippen LogP contribution is -2.39. The number of ether oxygens (including phenoxy) is 1. The molecule has 1 aromatic carbocycles. The van der Waals surface area contributed by atoms with Gasteiger partial charge in [-0.25, -0.2) is 9.97 Å². The number of hydrogen-bond acceptors (Lipinski definition) is 6. The summed E-state index contributed by atoms with van der Waals surface area (Å²) < 4.78 is 4.98. The number of carbonyl (C=O) groups is 1. The predicted molar refractivity (Wildman–Crippen MR) is 109 cm³/mol. The number of anilines is 1. The Balaban J connectivity index is 1.93. The molecule has 0 saturated carbocycles. The molecule has 2 aromatic rings. The molecule has 0 aliphatic carbocycles. The Morgan fingerprint density at radius 3 is 2.68 bits per heavy atom. The van der Waals surface area contributed by atoms with Gasteiger partial charge in [0.2, 0.25) is 5.91 Å². The molecule has 2 N–H and O–H groups in total. The largest absolute Gasteiger partial charge is 0.388 e. The lowest BCUT2D eigenvalue weighted by atomic mass is 9.85. The van der Waals surface area contributed by atoms with Crippen LogP contribution in [0.25, 0.3) is 11.1 Å². The van der Waals surface area contributed by atoms with E-state index in [1.54, 1.807) is 31.8 Å². The molecule has 3 rings (SSSR count). The summed E-state index contributed by atoms with van der Waals surface area (Å²) in [7, 11) is 1.63. The quantitative estimate of drug-likeness (QED) is 0.457. The highest BCUT2D eigenvalue weighted by Crippen LogP contribution is 2.43. The van der Waals surface area contributed by atoms with Crippen molar-refractivity contribution in [3.63, 3.8) is 0 Å². The van der Waals surface area contributed by atoms with E-state index in [1.165, 1.54) is 4.90 Å². The Morgan fingerprint density at radius 2 is 2.00 bits per heavy atom. The molecule has 0 atom stereocenters. The highest BCUT2D eigenvalue weighted by Gasteiger charge is 2.45. The molecule has 0 bridgehead atoms. The van der Waals surface area contributed by atoms with Crippen LogP contribution in [-0.2, 0) is 14.9 Å². The first kappa shape index (κ1) is 19.7. The van der Waals surface area contributed by atoms with E-state index >= 15 is 0 Å². The topological polar surface area (TPSA) is 91.2 Å². The molecule has 28 heavy (non-hydrogen) atoms. The van der Waals surface area contributed by atoms with Gasteiger partial charge >= 0.3 is 0 Å². The van der Waals surface area contributed by atoms with Gasteiger partial charge in [0, 0.05) is 37.8 Å². The molecule has 2 heterocycles. The van der Waals surface area contributed by atoms with Crippen molar-refractivity contribution in [3.8, 4) is 11.1 Å². The minimum Gasteiger partial charge on any atom is -0.388 e. The number of methoxy groups -OCH3 is 1. The van der Waals surface area contributed by atoms with E-state index < -0.39 is 5.41 Å². The minimum absolute atomic E-state index is 0.110. The number of rotatable bonds is 6. The van der Waals surface area contributed by atoms with Gasteiger partial charge in [0.05, 0.1) is 17.7 Å². The number of aromatic nitrogens is 2. The highest BCUT2D eigenvalue weighted by molar-refractivity contribution is 6.26. The van der Waals surface area contributed by atoms with Crippen LogP contribution < -0.4 is 10.2 Å². The van der Waals surface area contributed by atoms with Gasteiger partial charge in [-0.15, -0.1) is 0 Å². The van der Waals surface area contributed by atoms with Crippen LogP contribution in [0.1, 0.15) is 25.2 Å². The Labute approximate surface area is 165 Å². The molecule has 7 nitrogen and oxygen atoms in total. The molecule has 1 aromatic heterocycles. The van der Waals surface area contributed by atoms with Crippen molar-refractivity contribution >= 4 is 17.4 Å². The van der Waals surface area contributed by atoms with E-state index in [0.29, 0.717) is 19.0 Å². The lowest BCUT2D eigenvalue weighted by Gasteiger charge is -2.19. The summed E-state index contributed by atoms with van der Waals surface area (Å²) in [6.45, 7) is 6.81. The van der Waals surface area contributed by atoms with Crippen molar-refractivity contribution in [2.24, 2.45) is 0 Å². The first-order valence-electron chi connectivity index (χ1n) is 9.12. The number of benzene rings is 1. The summed E-state index contributed by atoms with van der Waals surface area (Å²) in [5, 5.41) is 11.5. The van der Waals surface area contributed by atoms with Gasteiger partial charge < -0.3 is 10.1 Å². The fourth-order valence-corrected chi connectivity index (χ4v) is 3.17. The van der Waals surface area contributed by atoms with Crippen LogP contribution in [0.2, 0.25) is 0 Å². The number of carbonyl (C=O) groups excluding carboxylic acids is 1. The molecule has 0 radical (unpaired) electrons. The molecule has 1 aliphatic rings. The number of fused-ring (bicyclic) bond motifs is 1. The fourth-order valence-electron chi connectivity index (χ4n) is 3.17. The van der Waals surface area contributed by atoms with Crippen molar-refractivity contribution in [1.82, 2.24) is 15.3 Å².